The number of rotatable bonds is 5. The van der Waals surface area contributed by atoms with Crippen molar-refractivity contribution in [1.82, 2.24) is 0 Å². The maximum Gasteiger partial charge on any atom is 0.265 e. The number of hydrogen-bond acceptors (Lipinski definition) is 5. The van der Waals surface area contributed by atoms with Crippen LogP contribution in [-0.2, 0) is 14.8 Å². The summed E-state index contributed by atoms with van der Waals surface area (Å²) < 4.78 is 33.3. The number of nitrogens with zero attached hydrogens (tertiary/aromatic N) is 2. The van der Waals surface area contributed by atoms with Crippen molar-refractivity contribution in [2.24, 2.45) is 0 Å². The fourth-order valence-corrected chi connectivity index (χ4v) is 4.04. The van der Waals surface area contributed by atoms with E-state index in [0.717, 1.165) is 6.42 Å². The predicted octanol–water partition coefficient (Wildman–Crippen LogP) is 2.49. The van der Waals surface area contributed by atoms with E-state index in [9.17, 15) is 13.2 Å². The molecule has 0 atom stereocenters. The SMILES string of the molecule is COc1ccc(N2CCCC2=O)cc1S(=O)(=O)Nc1ccc(C#N)cc1. The summed E-state index contributed by atoms with van der Waals surface area (Å²) in [5.74, 6) is 0.153. The Morgan fingerprint density at radius 1 is 1.19 bits per heavy atom. The number of hydrogen-bond donors (Lipinski definition) is 1. The van der Waals surface area contributed by atoms with Gasteiger partial charge in [-0.3, -0.25) is 9.52 Å². The van der Waals surface area contributed by atoms with Crippen LogP contribution < -0.4 is 14.4 Å². The molecule has 2 aromatic rings. The van der Waals surface area contributed by atoms with Gasteiger partial charge in [0.05, 0.1) is 18.7 Å². The van der Waals surface area contributed by atoms with Crippen molar-refractivity contribution in [3.63, 3.8) is 0 Å². The van der Waals surface area contributed by atoms with Crippen LogP contribution in [0, 0.1) is 11.3 Å². The van der Waals surface area contributed by atoms with E-state index in [-0.39, 0.29) is 16.6 Å². The first-order chi connectivity index (χ1) is 12.4. The summed E-state index contributed by atoms with van der Waals surface area (Å²) in [6, 6.07) is 12.7. The van der Waals surface area contributed by atoms with Crippen molar-refractivity contribution >= 4 is 27.3 Å². The van der Waals surface area contributed by atoms with E-state index in [1.54, 1.807) is 11.0 Å². The molecule has 1 heterocycles. The van der Waals surface area contributed by atoms with Crippen LogP contribution in [0.25, 0.3) is 0 Å². The summed E-state index contributed by atoms with van der Waals surface area (Å²) >= 11 is 0. The van der Waals surface area contributed by atoms with Gasteiger partial charge in [-0.15, -0.1) is 0 Å². The number of methoxy groups -OCH3 is 1. The van der Waals surface area contributed by atoms with Gasteiger partial charge < -0.3 is 9.64 Å². The molecule has 3 rings (SSSR count). The van der Waals surface area contributed by atoms with E-state index in [1.807, 2.05) is 6.07 Å². The molecule has 2 aromatic carbocycles. The second-order valence-corrected chi connectivity index (χ2v) is 7.43. The molecule has 1 aliphatic heterocycles. The van der Waals surface area contributed by atoms with Crippen LogP contribution in [0.3, 0.4) is 0 Å². The van der Waals surface area contributed by atoms with Gasteiger partial charge in [-0.25, -0.2) is 8.42 Å². The Hall–Kier alpha value is -3.05. The van der Waals surface area contributed by atoms with Gasteiger partial charge in [0.15, 0.2) is 0 Å². The minimum Gasteiger partial charge on any atom is -0.495 e. The van der Waals surface area contributed by atoms with E-state index < -0.39 is 10.0 Å². The molecule has 0 aliphatic carbocycles. The summed E-state index contributed by atoms with van der Waals surface area (Å²) in [7, 11) is -2.56. The highest BCUT2D eigenvalue weighted by Gasteiger charge is 2.26. The molecule has 0 radical (unpaired) electrons. The van der Waals surface area contributed by atoms with Gasteiger partial charge in [0.1, 0.15) is 10.6 Å². The minimum absolute atomic E-state index is 0.0291. The van der Waals surface area contributed by atoms with Crippen molar-refractivity contribution in [2.75, 3.05) is 23.3 Å². The van der Waals surface area contributed by atoms with Crippen molar-refractivity contribution in [2.45, 2.75) is 17.7 Å². The Bertz CT molecular complexity index is 978. The minimum atomic E-state index is -3.94. The third-order valence-corrected chi connectivity index (χ3v) is 5.49. The third-order valence-electron chi connectivity index (χ3n) is 4.09. The Kier molecular flexibility index (Phi) is 4.82. The first-order valence-electron chi connectivity index (χ1n) is 7.96. The largest absolute Gasteiger partial charge is 0.495 e. The average molecular weight is 371 g/mol. The normalized spacial score (nSPS) is 14.2. The maximum absolute atomic E-state index is 12.8. The van der Waals surface area contributed by atoms with Crippen LogP contribution in [0.5, 0.6) is 5.75 Å². The number of amides is 1. The molecule has 8 heteroatoms. The third kappa shape index (κ3) is 3.48. The number of ether oxygens (including phenoxy) is 1. The monoisotopic (exact) mass is 371 g/mol. The van der Waals surface area contributed by atoms with Crippen LogP contribution >= 0.6 is 0 Å². The molecule has 0 saturated carbocycles. The lowest BCUT2D eigenvalue weighted by atomic mass is 10.2. The lowest BCUT2D eigenvalue weighted by molar-refractivity contribution is -0.117. The average Bonchev–Trinajstić information content (AvgIpc) is 3.07. The summed E-state index contributed by atoms with van der Waals surface area (Å²) in [6.07, 6.45) is 1.20. The molecule has 0 spiro atoms. The Labute approximate surface area is 151 Å². The van der Waals surface area contributed by atoms with Crippen molar-refractivity contribution in [3.8, 4) is 11.8 Å². The fraction of sp³-hybridized carbons (Fsp3) is 0.222. The molecule has 1 amide bonds. The van der Waals surface area contributed by atoms with Crippen molar-refractivity contribution in [1.29, 1.82) is 5.26 Å². The smallest absolute Gasteiger partial charge is 0.265 e. The maximum atomic E-state index is 12.8. The zero-order chi connectivity index (χ0) is 18.7. The molecule has 26 heavy (non-hydrogen) atoms. The molecule has 7 nitrogen and oxygen atoms in total. The summed E-state index contributed by atoms with van der Waals surface area (Å²) in [6.45, 7) is 0.563. The quantitative estimate of drug-likeness (QED) is 0.870. The number of carbonyl (C=O) groups excluding carboxylic acids is 1. The first kappa shape index (κ1) is 17.8. The highest BCUT2D eigenvalue weighted by Crippen LogP contribution is 2.32. The topological polar surface area (TPSA) is 99.5 Å². The lowest BCUT2D eigenvalue weighted by Crippen LogP contribution is -2.24. The predicted molar refractivity (Wildman–Crippen MR) is 96.5 cm³/mol. The number of sulfonamides is 1. The Balaban J connectivity index is 1.96. The van der Waals surface area contributed by atoms with Gasteiger partial charge in [-0.2, -0.15) is 5.26 Å². The Morgan fingerprint density at radius 2 is 1.92 bits per heavy atom. The summed E-state index contributed by atoms with van der Waals surface area (Å²) in [5.41, 5.74) is 1.28. The van der Waals surface area contributed by atoms with Gasteiger partial charge in [-0.1, -0.05) is 0 Å². The zero-order valence-corrected chi connectivity index (χ0v) is 14.9. The number of nitrogens with one attached hydrogen (secondary N) is 1. The Morgan fingerprint density at radius 3 is 2.50 bits per heavy atom. The summed E-state index contributed by atoms with van der Waals surface area (Å²) in [4.78, 5) is 13.5. The highest BCUT2D eigenvalue weighted by molar-refractivity contribution is 7.92. The van der Waals surface area contributed by atoms with Gasteiger partial charge in [-0.05, 0) is 48.9 Å². The zero-order valence-electron chi connectivity index (χ0n) is 14.1. The second kappa shape index (κ2) is 7.06. The number of benzene rings is 2. The van der Waals surface area contributed by atoms with E-state index >= 15 is 0 Å². The highest BCUT2D eigenvalue weighted by atomic mass is 32.2. The molecule has 1 saturated heterocycles. The lowest BCUT2D eigenvalue weighted by Gasteiger charge is -2.18. The molecule has 1 fully saturated rings. The standard InChI is InChI=1S/C18H17N3O4S/c1-25-16-9-8-15(21-10-2-3-18(21)22)11-17(16)26(23,24)20-14-6-4-13(12-19)5-7-14/h4-9,11,20H,2-3,10H2,1H3. The first-order valence-corrected chi connectivity index (χ1v) is 9.44. The van der Waals surface area contributed by atoms with E-state index in [2.05, 4.69) is 4.72 Å². The van der Waals surface area contributed by atoms with E-state index in [1.165, 1.54) is 43.5 Å². The molecule has 0 unspecified atom stereocenters. The van der Waals surface area contributed by atoms with Crippen LogP contribution in [0.4, 0.5) is 11.4 Å². The van der Waals surface area contributed by atoms with Gasteiger partial charge in [0, 0.05) is 24.3 Å². The second-order valence-electron chi connectivity index (χ2n) is 5.78. The number of anilines is 2. The van der Waals surface area contributed by atoms with Crippen molar-refractivity contribution < 1.29 is 17.9 Å². The van der Waals surface area contributed by atoms with Gasteiger partial charge in [0.2, 0.25) is 5.91 Å². The number of nitriles is 1. The molecule has 1 N–H and O–H groups in total. The van der Waals surface area contributed by atoms with Crippen LogP contribution in [0.1, 0.15) is 18.4 Å². The molecule has 0 aromatic heterocycles. The van der Waals surface area contributed by atoms with Crippen LogP contribution in [0.2, 0.25) is 0 Å². The molecular weight excluding hydrogens is 354 g/mol. The molecule has 134 valence electrons. The van der Waals surface area contributed by atoms with Crippen LogP contribution in [-0.4, -0.2) is 28.0 Å². The van der Waals surface area contributed by atoms with Crippen molar-refractivity contribution in [3.05, 3.63) is 48.0 Å². The van der Waals surface area contributed by atoms with E-state index in [4.69, 9.17) is 10.00 Å². The number of carbonyl (C=O) groups is 1. The summed E-state index contributed by atoms with van der Waals surface area (Å²) in [5, 5.41) is 8.83. The molecular formula is C18H17N3O4S. The fourth-order valence-electron chi connectivity index (χ4n) is 2.79. The van der Waals surface area contributed by atoms with Crippen LogP contribution in [0.15, 0.2) is 47.4 Å². The van der Waals surface area contributed by atoms with E-state index in [0.29, 0.717) is 29.9 Å². The van der Waals surface area contributed by atoms with Gasteiger partial charge in [0.25, 0.3) is 10.0 Å². The molecule has 1 aliphatic rings. The molecule has 0 bridgehead atoms. The van der Waals surface area contributed by atoms with Gasteiger partial charge >= 0.3 is 0 Å².